The highest BCUT2D eigenvalue weighted by Crippen LogP contribution is 2.20. The van der Waals surface area contributed by atoms with Crippen LogP contribution in [0.2, 0.25) is 0 Å². The average Bonchev–Trinajstić information content (AvgIpc) is 2.48. The van der Waals surface area contributed by atoms with Gasteiger partial charge in [0.1, 0.15) is 6.61 Å². The van der Waals surface area contributed by atoms with E-state index in [2.05, 4.69) is 5.32 Å². The molecular weight excluding hydrogens is 279 g/mol. The van der Waals surface area contributed by atoms with Crippen molar-refractivity contribution < 1.29 is 18.8 Å². The lowest BCUT2D eigenvalue weighted by molar-refractivity contribution is -0.385. The van der Waals surface area contributed by atoms with E-state index in [0.29, 0.717) is 0 Å². The summed E-state index contributed by atoms with van der Waals surface area (Å²) in [6, 6.07) is 11.9. The van der Waals surface area contributed by atoms with Crippen molar-refractivity contribution in [3.05, 3.63) is 70.0 Å². The second kappa shape index (κ2) is 6.47. The SMILES string of the molecule is O=C(Nc1ccc([N+](=O)[O-])cc1F)OCc1ccccc1. The molecule has 0 saturated heterocycles. The second-order valence-electron chi connectivity index (χ2n) is 4.11. The van der Waals surface area contributed by atoms with E-state index in [0.717, 1.165) is 23.8 Å². The molecule has 2 aromatic carbocycles. The lowest BCUT2D eigenvalue weighted by Crippen LogP contribution is -2.14. The van der Waals surface area contributed by atoms with Gasteiger partial charge in [0.15, 0.2) is 5.82 Å². The van der Waals surface area contributed by atoms with Crippen LogP contribution in [-0.4, -0.2) is 11.0 Å². The number of nitro groups is 1. The molecule has 2 rings (SSSR count). The zero-order valence-corrected chi connectivity index (χ0v) is 10.8. The van der Waals surface area contributed by atoms with Crippen molar-refractivity contribution in [3.8, 4) is 0 Å². The predicted octanol–water partition coefficient (Wildman–Crippen LogP) is 3.48. The fraction of sp³-hybridized carbons (Fsp3) is 0.0714. The van der Waals surface area contributed by atoms with Gasteiger partial charge in [-0.15, -0.1) is 0 Å². The first kappa shape index (κ1) is 14.4. The summed E-state index contributed by atoms with van der Waals surface area (Å²) in [7, 11) is 0. The van der Waals surface area contributed by atoms with E-state index in [9.17, 15) is 19.3 Å². The molecule has 0 saturated carbocycles. The Hall–Kier alpha value is -2.96. The monoisotopic (exact) mass is 290 g/mol. The molecule has 0 aliphatic heterocycles. The number of nitrogens with one attached hydrogen (secondary N) is 1. The van der Waals surface area contributed by atoms with Crippen LogP contribution in [0.3, 0.4) is 0 Å². The number of halogens is 1. The van der Waals surface area contributed by atoms with Crippen LogP contribution in [0.4, 0.5) is 20.6 Å². The van der Waals surface area contributed by atoms with Crippen molar-refractivity contribution in [2.45, 2.75) is 6.61 Å². The first-order valence-electron chi connectivity index (χ1n) is 5.98. The van der Waals surface area contributed by atoms with Crippen LogP contribution in [0.1, 0.15) is 5.56 Å². The Kier molecular flexibility index (Phi) is 4.45. The van der Waals surface area contributed by atoms with Crippen molar-refractivity contribution in [3.63, 3.8) is 0 Å². The third-order valence-electron chi connectivity index (χ3n) is 2.61. The molecule has 6 nitrogen and oxygen atoms in total. The molecule has 0 aliphatic carbocycles. The maximum atomic E-state index is 13.6. The number of nitrogens with zero attached hydrogens (tertiary/aromatic N) is 1. The average molecular weight is 290 g/mol. The number of hydrogen-bond donors (Lipinski definition) is 1. The maximum absolute atomic E-state index is 13.6. The second-order valence-corrected chi connectivity index (χ2v) is 4.11. The fourth-order valence-electron chi connectivity index (χ4n) is 1.59. The summed E-state index contributed by atoms with van der Waals surface area (Å²) in [5, 5.41) is 12.7. The molecule has 1 N–H and O–H groups in total. The van der Waals surface area contributed by atoms with E-state index >= 15 is 0 Å². The van der Waals surface area contributed by atoms with Crippen molar-refractivity contribution in [2.75, 3.05) is 5.32 Å². The summed E-state index contributed by atoms with van der Waals surface area (Å²) in [5.74, 6) is -0.902. The first-order valence-corrected chi connectivity index (χ1v) is 5.98. The highest BCUT2D eigenvalue weighted by Gasteiger charge is 2.13. The van der Waals surface area contributed by atoms with Gasteiger partial charge in [0, 0.05) is 6.07 Å². The van der Waals surface area contributed by atoms with Crippen LogP contribution in [0.5, 0.6) is 0 Å². The molecule has 2 aromatic rings. The molecule has 0 spiro atoms. The number of amides is 1. The molecule has 0 fully saturated rings. The van der Waals surface area contributed by atoms with Crippen LogP contribution in [-0.2, 0) is 11.3 Å². The van der Waals surface area contributed by atoms with Crippen LogP contribution in [0, 0.1) is 15.9 Å². The largest absolute Gasteiger partial charge is 0.444 e. The smallest absolute Gasteiger partial charge is 0.412 e. The Morgan fingerprint density at radius 2 is 1.95 bits per heavy atom. The Balaban J connectivity index is 1.95. The number of rotatable bonds is 4. The van der Waals surface area contributed by atoms with Gasteiger partial charge in [-0.2, -0.15) is 0 Å². The minimum Gasteiger partial charge on any atom is -0.444 e. The van der Waals surface area contributed by atoms with Gasteiger partial charge in [-0.1, -0.05) is 30.3 Å². The number of hydrogen-bond acceptors (Lipinski definition) is 4. The van der Waals surface area contributed by atoms with Gasteiger partial charge in [-0.3, -0.25) is 15.4 Å². The van der Waals surface area contributed by atoms with Crippen LogP contribution in [0.25, 0.3) is 0 Å². The molecule has 7 heteroatoms. The summed E-state index contributed by atoms with van der Waals surface area (Å²) >= 11 is 0. The van der Waals surface area contributed by atoms with Crippen molar-refractivity contribution >= 4 is 17.5 Å². The van der Waals surface area contributed by atoms with E-state index in [1.807, 2.05) is 6.07 Å². The number of carbonyl (C=O) groups is 1. The Morgan fingerprint density at radius 1 is 1.24 bits per heavy atom. The van der Waals surface area contributed by atoms with E-state index in [4.69, 9.17) is 4.74 Å². The topological polar surface area (TPSA) is 81.5 Å². The minimum atomic E-state index is -0.902. The third-order valence-corrected chi connectivity index (χ3v) is 2.61. The molecular formula is C14H11FN2O4. The summed E-state index contributed by atoms with van der Waals surface area (Å²) in [4.78, 5) is 21.3. The molecule has 0 radical (unpaired) electrons. The first-order chi connectivity index (χ1) is 10.1. The van der Waals surface area contributed by atoms with Crippen molar-refractivity contribution in [1.82, 2.24) is 0 Å². The highest BCUT2D eigenvalue weighted by molar-refractivity contribution is 5.84. The number of carbonyl (C=O) groups excluding carboxylic acids is 1. The van der Waals surface area contributed by atoms with Crippen molar-refractivity contribution in [1.29, 1.82) is 0 Å². The number of nitro benzene ring substituents is 1. The number of benzene rings is 2. The van der Waals surface area contributed by atoms with Gasteiger partial charge in [0.2, 0.25) is 0 Å². The molecule has 21 heavy (non-hydrogen) atoms. The molecule has 0 unspecified atom stereocenters. The Morgan fingerprint density at radius 3 is 2.57 bits per heavy atom. The van der Waals surface area contributed by atoms with E-state index in [-0.39, 0.29) is 12.3 Å². The molecule has 0 bridgehead atoms. The zero-order valence-electron chi connectivity index (χ0n) is 10.8. The van der Waals surface area contributed by atoms with E-state index < -0.39 is 22.5 Å². The Labute approximate surface area is 119 Å². The van der Waals surface area contributed by atoms with Crippen LogP contribution < -0.4 is 5.32 Å². The molecule has 108 valence electrons. The molecule has 0 heterocycles. The zero-order chi connectivity index (χ0) is 15.2. The van der Waals surface area contributed by atoms with Gasteiger partial charge in [-0.05, 0) is 11.6 Å². The van der Waals surface area contributed by atoms with Crippen LogP contribution >= 0.6 is 0 Å². The van der Waals surface area contributed by atoms with Gasteiger partial charge in [0.05, 0.1) is 16.7 Å². The normalized spacial score (nSPS) is 9.95. The fourth-order valence-corrected chi connectivity index (χ4v) is 1.59. The standard InChI is InChI=1S/C14H11FN2O4/c15-12-8-11(17(19)20)6-7-13(12)16-14(18)21-9-10-4-2-1-3-5-10/h1-8H,9H2,(H,16,18). The number of non-ortho nitro benzene ring substituents is 1. The quantitative estimate of drug-likeness (QED) is 0.690. The van der Waals surface area contributed by atoms with E-state index in [1.54, 1.807) is 24.3 Å². The molecule has 0 aromatic heterocycles. The lowest BCUT2D eigenvalue weighted by atomic mass is 10.2. The van der Waals surface area contributed by atoms with E-state index in [1.165, 1.54) is 0 Å². The minimum absolute atomic E-state index is 0.0429. The highest BCUT2D eigenvalue weighted by atomic mass is 19.1. The van der Waals surface area contributed by atoms with Gasteiger partial charge >= 0.3 is 6.09 Å². The predicted molar refractivity (Wildman–Crippen MR) is 73.3 cm³/mol. The Bertz CT molecular complexity index is 661. The lowest BCUT2D eigenvalue weighted by Gasteiger charge is -2.07. The van der Waals surface area contributed by atoms with Crippen LogP contribution in [0.15, 0.2) is 48.5 Å². The molecule has 0 atom stereocenters. The summed E-state index contributed by atoms with van der Waals surface area (Å²) < 4.78 is 18.5. The summed E-state index contributed by atoms with van der Waals surface area (Å²) in [6.45, 7) is 0.0429. The molecule has 0 aliphatic rings. The molecule has 1 amide bonds. The third kappa shape index (κ3) is 4.00. The van der Waals surface area contributed by atoms with Gasteiger partial charge in [0.25, 0.3) is 5.69 Å². The number of ether oxygens (including phenoxy) is 1. The number of anilines is 1. The summed E-state index contributed by atoms with van der Waals surface area (Å²) in [6.07, 6.45) is -0.841. The maximum Gasteiger partial charge on any atom is 0.412 e. The van der Waals surface area contributed by atoms with Gasteiger partial charge < -0.3 is 4.74 Å². The van der Waals surface area contributed by atoms with Crippen molar-refractivity contribution in [2.24, 2.45) is 0 Å². The summed E-state index contributed by atoms with van der Waals surface area (Å²) in [5.41, 5.74) is 0.214. The van der Waals surface area contributed by atoms with Gasteiger partial charge in [-0.25, -0.2) is 9.18 Å².